The third-order valence-corrected chi connectivity index (χ3v) is 7.70. The van der Waals surface area contributed by atoms with Gasteiger partial charge in [0.15, 0.2) is 0 Å². The van der Waals surface area contributed by atoms with Crippen LogP contribution >= 0.6 is 23.5 Å². The molecule has 6 heteroatoms. The number of thioether (sulfide) groups is 2. The largest absolute Gasteiger partial charge is 0.319 e. The smallest absolute Gasteiger partial charge is 0.255 e. The average molecular weight is 396 g/mol. The van der Waals surface area contributed by atoms with Crippen LogP contribution in [0.1, 0.15) is 31.9 Å². The Morgan fingerprint density at radius 1 is 1.04 bits per heavy atom. The van der Waals surface area contributed by atoms with Crippen LogP contribution in [0.5, 0.6) is 0 Å². The van der Waals surface area contributed by atoms with Gasteiger partial charge in [0, 0.05) is 17.1 Å². The minimum atomic E-state index is -0.105. The molecule has 3 aromatic rings. The van der Waals surface area contributed by atoms with Crippen molar-refractivity contribution in [1.82, 2.24) is 9.78 Å². The predicted octanol–water partition coefficient (Wildman–Crippen LogP) is 5.22. The lowest BCUT2D eigenvalue weighted by atomic mass is 10.1. The Morgan fingerprint density at radius 2 is 1.70 bits per heavy atom. The summed E-state index contributed by atoms with van der Waals surface area (Å²) < 4.78 is 2.36. The lowest BCUT2D eigenvalue weighted by molar-refractivity contribution is 0.102. The maximum absolute atomic E-state index is 12.7. The quantitative estimate of drug-likeness (QED) is 0.658. The number of nitrogens with one attached hydrogen (secondary N) is 1. The highest BCUT2D eigenvalue weighted by molar-refractivity contribution is 8.19. The number of carbonyl (C=O) groups excluding carboxylic acids is 1. The molecule has 1 N–H and O–H groups in total. The van der Waals surface area contributed by atoms with E-state index in [-0.39, 0.29) is 5.91 Å². The van der Waals surface area contributed by atoms with E-state index in [0.29, 0.717) is 10.1 Å². The highest BCUT2D eigenvalue weighted by Gasteiger charge is 2.19. The first-order chi connectivity index (χ1) is 13.1. The fraction of sp³-hybridized carbons (Fsp3) is 0.238. The molecule has 0 bridgehead atoms. The maximum atomic E-state index is 12.7. The molecule has 27 heavy (non-hydrogen) atoms. The summed E-state index contributed by atoms with van der Waals surface area (Å²) in [4.78, 5) is 12.7. The van der Waals surface area contributed by atoms with Crippen molar-refractivity contribution in [2.75, 3.05) is 16.8 Å². The van der Waals surface area contributed by atoms with Gasteiger partial charge in [0.1, 0.15) is 0 Å². The van der Waals surface area contributed by atoms with Gasteiger partial charge in [-0.3, -0.25) is 4.79 Å². The summed E-state index contributed by atoms with van der Waals surface area (Å²) >= 11 is 3.94. The van der Waals surface area contributed by atoms with Crippen LogP contribution in [-0.2, 0) is 0 Å². The molecule has 0 spiro atoms. The number of rotatable bonds is 4. The van der Waals surface area contributed by atoms with Crippen LogP contribution in [0.25, 0.3) is 5.69 Å². The lowest BCUT2D eigenvalue weighted by Gasteiger charge is -2.10. The van der Waals surface area contributed by atoms with Crippen LogP contribution in [0.15, 0.2) is 54.6 Å². The third-order valence-electron chi connectivity index (χ3n) is 4.60. The molecule has 0 unspecified atom stereocenters. The molecule has 1 aliphatic heterocycles. The number of aromatic nitrogens is 2. The van der Waals surface area contributed by atoms with E-state index >= 15 is 0 Å². The Morgan fingerprint density at radius 3 is 2.37 bits per heavy atom. The van der Waals surface area contributed by atoms with Crippen LogP contribution < -0.4 is 5.32 Å². The fourth-order valence-electron chi connectivity index (χ4n) is 3.17. The van der Waals surface area contributed by atoms with E-state index in [0.717, 1.165) is 22.8 Å². The van der Waals surface area contributed by atoms with Crippen LogP contribution in [0.3, 0.4) is 0 Å². The molecule has 4 rings (SSSR count). The summed E-state index contributed by atoms with van der Waals surface area (Å²) in [5.41, 5.74) is 5.42. The highest BCUT2D eigenvalue weighted by Crippen LogP contribution is 2.45. The van der Waals surface area contributed by atoms with E-state index in [1.807, 2.05) is 84.5 Å². The van der Waals surface area contributed by atoms with Crippen molar-refractivity contribution in [3.8, 4) is 5.69 Å². The van der Waals surface area contributed by atoms with E-state index in [1.54, 1.807) is 0 Å². The summed E-state index contributed by atoms with van der Waals surface area (Å²) in [6, 6.07) is 17.9. The summed E-state index contributed by atoms with van der Waals surface area (Å²) in [6.45, 7) is 3.89. The number of hydrogen-bond acceptors (Lipinski definition) is 4. The number of nitrogens with zero attached hydrogens (tertiary/aromatic N) is 2. The molecule has 0 radical (unpaired) electrons. The van der Waals surface area contributed by atoms with Crippen molar-refractivity contribution < 1.29 is 4.79 Å². The van der Waals surface area contributed by atoms with Crippen LogP contribution in [0.4, 0.5) is 5.69 Å². The van der Waals surface area contributed by atoms with Crippen molar-refractivity contribution >= 4 is 35.1 Å². The summed E-state index contributed by atoms with van der Waals surface area (Å²) in [7, 11) is 0. The number of benzene rings is 2. The van der Waals surface area contributed by atoms with Crippen LogP contribution in [0, 0.1) is 13.8 Å². The summed E-state index contributed by atoms with van der Waals surface area (Å²) in [5, 5.41) is 7.63. The Balaban J connectivity index is 1.54. The standard InChI is InChI=1S/C21H21N3OS2/c1-14-19(15(2)24(23-14)18-6-4-3-5-7-18)22-20(25)16-8-10-17(11-9-16)21-26-12-13-27-21/h3-11,21H,12-13H2,1-2H3,(H,22,25). The highest BCUT2D eigenvalue weighted by atomic mass is 32.2. The Labute approximate surface area is 167 Å². The van der Waals surface area contributed by atoms with E-state index in [1.165, 1.54) is 17.1 Å². The third kappa shape index (κ3) is 3.77. The molecular formula is C21H21N3OS2. The SMILES string of the molecule is Cc1nn(-c2ccccc2)c(C)c1NC(=O)c1ccc(C2SCCS2)cc1. The molecule has 4 nitrogen and oxygen atoms in total. The Hall–Kier alpha value is -2.18. The molecule has 0 atom stereocenters. The zero-order valence-electron chi connectivity index (χ0n) is 15.3. The molecule has 1 aliphatic rings. The number of anilines is 1. The lowest BCUT2D eigenvalue weighted by Crippen LogP contribution is -2.13. The van der Waals surface area contributed by atoms with E-state index in [9.17, 15) is 4.79 Å². The average Bonchev–Trinajstić information content (AvgIpc) is 3.33. The van der Waals surface area contributed by atoms with Gasteiger partial charge in [-0.15, -0.1) is 23.5 Å². The van der Waals surface area contributed by atoms with E-state index in [4.69, 9.17) is 0 Å². The molecule has 0 aliphatic carbocycles. The molecule has 1 amide bonds. The van der Waals surface area contributed by atoms with Gasteiger partial charge in [-0.25, -0.2) is 4.68 Å². The van der Waals surface area contributed by atoms with Gasteiger partial charge < -0.3 is 5.32 Å². The molecule has 2 heterocycles. The maximum Gasteiger partial charge on any atom is 0.255 e. The molecule has 0 saturated carbocycles. The van der Waals surface area contributed by atoms with Crippen molar-refractivity contribution in [3.63, 3.8) is 0 Å². The molecule has 1 aromatic heterocycles. The zero-order chi connectivity index (χ0) is 18.8. The molecule has 2 aromatic carbocycles. The fourth-order valence-corrected chi connectivity index (χ4v) is 6.03. The number of carbonyl (C=O) groups is 1. The molecular weight excluding hydrogens is 374 g/mol. The summed E-state index contributed by atoms with van der Waals surface area (Å²) in [6.07, 6.45) is 0. The van der Waals surface area contributed by atoms with Crippen molar-refractivity contribution in [2.45, 2.75) is 18.4 Å². The van der Waals surface area contributed by atoms with E-state index in [2.05, 4.69) is 22.5 Å². The number of para-hydroxylation sites is 1. The first-order valence-electron chi connectivity index (χ1n) is 8.89. The molecule has 138 valence electrons. The van der Waals surface area contributed by atoms with Gasteiger partial charge in [0.2, 0.25) is 0 Å². The van der Waals surface area contributed by atoms with Gasteiger partial charge in [-0.2, -0.15) is 5.10 Å². The predicted molar refractivity (Wildman–Crippen MR) is 115 cm³/mol. The minimum absolute atomic E-state index is 0.105. The zero-order valence-corrected chi connectivity index (χ0v) is 16.9. The van der Waals surface area contributed by atoms with Gasteiger partial charge in [0.05, 0.1) is 27.3 Å². The van der Waals surface area contributed by atoms with Gasteiger partial charge in [0.25, 0.3) is 5.91 Å². The number of amides is 1. The Bertz CT molecular complexity index is 946. The number of aryl methyl sites for hydroxylation is 1. The molecule has 1 fully saturated rings. The van der Waals surface area contributed by atoms with Crippen molar-refractivity contribution in [2.24, 2.45) is 0 Å². The first kappa shape index (κ1) is 18.2. The van der Waals surface area contributed by atoms with Crippen LogP contribution in [-0.4, -0.2) is 27.2 Å². The van der Waals surface area contributed by atoms with Crippen LogP contribution in [0.2, 0.25) is 0 Å². The van der Waals surface area contributed by atoms with E-state index < -0.39 is 0 Å². The summed E-state index contributed by atoms with van der Waals surface area (Å²) in [5.74, 6) is 2.29. The second-order valence-electron chi connectivity index (χ2n) is 6.44. The minimum Gasteiger partial charge on any atom is -0.319 e. The van der Waals surface area contributed by atoms with Gasteiger partial charge in [-0.05, 0) is 43.7 Å². The number of hydrogen-bond donors (Lipinski definition) is 1. The topological polar surface area (TPSA) is 46.9 Å². The molecule has 1 saturated heterocycles. The Kier molecular flexibility index (Phi) is 5.27. The van der Waals surface area contributed by atoms with Crippen molar-refractivity contribution in [1.29, 1.82) is 0 Å². The second-order valence-corrected chi connectivity index (χ2v) is 9.17. The first-order valence-corrected chi connectivity index (χ1v) is 11.0. The second kappa shape index (κ2) is 7.82. The van der Waals surface area contributed by atoms with Crippen molar-refractivity contribution in [3.05, 3.63) is 77.1 Å². The van der Waals surface area contributed by atoms with Gasteiger partial charge >= 0.3 is 0 Å². The normalized spacial score (nSPS) is 14.4. The monoisotopic (exact) mass is 395 g/mol. The van der Waals surface area contributed by atoms with Gasteiger partial charge in [-0.1, -0.05) is 30.3 Å².